The number of aromatic amines is 1. The molecule has 12 nitrogen and oxygen atoms in total. The van der Waals surface area contributed by atoms with Crippen LogP contribution in [-0.2, 0) is 25.6 Å². The Kier molecular flexibility index (Phi) is 13.0. The van der Waals surface area contributed by atoms with E-state index in [0.717, 1.165) is 6.42 Å². The van der Waals surface area contributed by atoms with Crippen LogP contribution in [-0.4, -0.2) is 69.5 Å². The van der Waals surface area contributed by atoms with E-state index in [1.54, 1.807) is 13.8 Å². The molecule has 1 heterocycles. The van der Waals surface area contributed by atoms with E-state index in [9.17, 15) is 24.3 Å². The zero-order valence-electron chi connectivity index (χ0n) is 21.0. The third-order valence-electron chi connectivity index (χ3n) is 5.49. The first-order chi connectivity index (χ1) is 16.5. The van der Waals surface area contributed by atoms with Crippen molar-refractivity contribution >= 4 is 23.7 Å². The van der Waals surface area contributed by atoms with E-state index >= 15 is 0 Å². The maximum Gasteiger partial charge on any atom is 0.326 e. The maximum atomic E-state index is 13.2. The Morgan fingerprint density at radius 3 is 2.17 bits per heavy atom. The minimum absolute atomic E-state index is 0.0477. The second-order valence-electron chi connectivity index (χ2n) is 9.49. The second kappa shape index (κ2) is 15.1. The van der Waals surface area contributed by atoms with Gasteiger partial charge in [0, 0.05) is 18.3 Å². The number of carboxylic acids is 1. The number of hydrogen-bond donors (Lipinski definition) is 7. The number of aliphatic carboxylic acids is 1. The number of nitrogens with two attached hydrogens (primary N) is 2. The van der Waals surface area contributed by atoms with Crippen LogP contribution in [0.15, 0.2) is 12.5 Å². The molecule has 0 bridgehead atoms. The summed E-state index contributed by atoms with van der Waals surface area (Å²) in [5.41, 5.74) is 12.1. The summed E-state index contributed by atoms with van der Waals surface area (Å²) in [4.78, 5) is 57.1. The zero-order valence-corrected chi connectivity index (χ0v) is 21.0. The highest BCUT2D eigenvalue weighted by Gasteiger charge is 2.32. The van der Waals surface area contributed by atoms with E-state index in [1.807, 2.05) is 13.8 Å². The first kappa shape index (κ1) is 30.0. The Balaban J connectivity index is 2.97. The third-order valence-corrected chi connectivity index (χ3v) is 5.49. The average molecular weight is 496 g/mol. The van der Waals surface area contributed by atoms with Gasteiger partial charge in [-0.25, -0.2) is 9.78 Å². The Hall–Kier alpha value is -2.99. The molecular formula is C23H41N7O5. The number of imidazole rings is 1. The largest absolute Gasteiger partial charge is 0.480 e. The minimum atomic E-state index is -1.14. The zero-order chi connectivity index (χ0) is 26.5. The predicted octanol–water partition coefficient (Wildman–Crippen LogP) is -0.350. The van der Waals surface area contributed by atoms with Crippen molar-refractivity contribution < 1.29 is 24.3 Å². The molecule has 4 atom stereocenters. The number of carboxylic acid groups (broad SMARTS) is 1. The van der Waals surface area contributed by atoms with Crippen LogP contribution in [0, 0.1) is 11.8 Å². The van der Waals surface area contributed by atoms with Gasteiger partial charge in [-0.3, -0.25) is 14.4 Å². The summed E-state index contributed by atoms with van der Waals surface area (Å²) in [6.07, 6.45) is 5.17. The van der Waals surface area contributed by atoms with E-state index in [1.165, 1.54) is 12.5 Å². The van der Waals surface area contributed by atoms with E-state index in [-0.39, 0.29) is 24.7 Å². The number of nitrogens with one attached hydrogen (secondary N) is 4. The van der Waals surface area contributed by atoms with Crippen LogP contribution in [0.1, 0.15) is 59.1 Å². The molecule has 9 N–H and O–H groups in total. The summed E-state index contributed by atoms with van der Waals surface area (Å²) in [7, 11) is 0. The molecule has 0 fully saturated rings. The number of amides is 3. The van der Waals surface area contributed by atoms with Crippen LogP contribution in [0.2, 0.25) is 0 Å². The number of unbranched alkanes of at least 4 members (excludes halogenated alkanes) is 1. The van der Waals surface area contributed by atoms with Crippen LogP contribution in [0.25, 0.3) is 0 Å². The van der Waals surface area contributed by atoms with Gasteiger partial charge in [-0.15, -0.1) is 0 Å². The molecule has 12 heteroatoms. The van der Waals surface area contributed by atoms with E-state index < -0.39 is 47.9 Å². The average Bonchev–Trinajstić information content (AvgIpc) is 3.28. The lowest BCUT2D eigenvalue weighted by molar-refractivity contribution is -0.143. The van der Waals surface area contributed by atoms with Gasteiger partial charge >= 0.3 is 5.97 Å². The molecule has 0 aliphatic carbocycles. The Morgan fingerprint density at radius 1 is 1.00 bits per heavy atom. The van der Waals surface area contributed by atoms with Gasteiger partial charge in [-0.05, 0) is 37.6 Å². The van der Waals surface area contributed by atoms with E-state index in [2.05, 4.69) is 25.9 Å². The van der Waals surface area contributed by atoms with Crippen LogP contribution < -0.4 is 27.4 Å². The number of H-pyrrole nitrogens is 1. The molecule has 35 heavy (non-hydrogen) atoms. The second-order valence-corrected chi connectivity index (χ2v) is 9.49. The van der Waals surface area contributed by atoms with Crippen LogP contribution in [0.5, 0.6) is 0 Å². The summed E-state index contributed by atoms with van der Waals surface area (Å²) < 4.78 is 0. The molecule has 1 aromatic rings. The van der Waals surface area contributed by atoms with Crippen molar-refractivity contribution in [2.45, 2.75) is 84.0 Å². The molecule has 4 unspecified atom stereocenters. The molecule has 0 spiro atoms. The quantitative estimate of drug-likeness (QED) is 0.150. The summed E-state index contributed by atoms with van der Waals surface area (Å²) in [6.45, 7) is 7.68. The van der Waals surface area contributed by atoms with Crippen LogP contribution in [0.3, 0.4) is 0 Å². The van der Waals surface area contributed by atoms with E-state index in [0.29, 0.717) is 25.1 Å². The lowest BCUT2D eigenvalue weighted by Crippen LogP contribution is -2.59. The highest BCUT2D eigenvalue weighted by molar-refractivity contribution is 5.94. The molecule has 0 radical (unpaired) electrons. The highest BCUT2D eigenvalue weighted by atomic mass is 16.4. The summed E-state index contributed by atoms with van der Waals surface area (Å²) >= 11 is 0. The van der Waals surface area contributed by atoms with Crippen molar-refractivity contribution in [3.63, 3.8) is 0 Å². The van der Waals surface area contributed by atoms with Gasteiger partial charge in [0.25, 0.3) is 0 Å². The number of rotatable bonds is 16. The maximum absolute atomic E-state index is 13.2. The van der Waals surface area contributed by atoms with Crippen LogP contribution in [0.4, 0.5) is 0 Å². The molecule has 0 saturated heterocycles. The van der Waals surface area contributed by atoms with Crippen molar-refractivity contribution in [1.82, 2.24) is 25.9 Å². The van der Waals surface area contributed by atoms with Gasteiger partial charge in [0.15, 0.2) is 0 Å². The number of hydrogen-bond acceptors (Lipinski definition) is 7. The molecule has 0 saturated carbocycles. The molecule has 1 aromatic heterocycles. The van der Waals surface area contributed by atoms with Crippen molar-refractivity contribution in [3.8, 4) is 0 Å². The van der Waals surface area contributed by atoms with Crippen molar-refractivity contribution in [2.75, 3.05) is 6.54 Å². The number of carbonyl (C=O) groups excluding carboxylic acids is 3. The van der Waals surface area contributed by atoms with Crippen molar-refractivity contribution in [2.24, 2.45) is 23.3 Å². The summed E-state index contributed by atoms with van der Waals surface area (Å²) in [6, 6.07) is -3.91. The minimum Gasteiger partial charge on any atom is -0.480 e. The van der Waals surface area contributed by atoms with Crippen molar-refractivity contribution in [1.29, 1.82) is 0 Å². The Bertz CT molecular complexity index is 813. The first-order valence-corrected chi connectivity index (χ1v) is 12.0. The highest BCUT2D eigenvalue weighted by Crippen LogP contribution is 2.09. The van der Waals surface area contributed by atoms with Crippen LogP contribution >= 0.6 is 0 Å². The molecule has 0 aliphatic rings. The molecule has 198 valence electrons. The smallest absolute Gasteiger partial charge is 0.326 e. The molecule has 0 aromatic carbocycles. The van der Waals surface area contributed by atoms with Gasteiger partial charge in [-0.2, -0.15) is 0 Å². The number of nitrogens with zero attached hydrogens (tertiary/aromatic N) is 1. The lowest BCUT2D eigenvalue weighted by Gasteiger charge is -2.27. The normalized spacial score (nSPS) is 14.7. The van der Waals surface area contributed by atoms with Gasteiger partial charge in [0.1, 0.15) is 18.1 Å². The van der Waals surface area contributed by atoms with Gasteiger partial charge in [0.05, 0.1) is 12.4 Å². The molecule has 3 amide bonds. The SMILES string of the molecule is CC(C)CC(NC(=O)C(NC(=O)C(Cc1cnc[nH]1)NC(=O)C(N)CCCCN)C(C)C)C(=O)O. The summed E-state index contributed by atoms with van der Waals surface area (Å²) in [5.74, 6) is -3.12. The predicted molar refractivity (Wildman–Crippen MR) is 131 cm³/mol. The number of carbonyl (C=O) groups is 4. The third kappa shape index (κ3) is 10.9. The fourth-order valence-electron chi connectivity index (χ4n) is 3.49. The van der Waals surface area contributed by atoms with Gasteiger partial charge < -0.3 is 37.5 Å². The number of aromatic nitrogens is 2. The van der Waals surface area contributed by atoms with Gasteiger partial charge in [0.2, 0.25) is 17.7 Å². The molecule has 1 rings (SSSR count). The topological polar surface area (TPSA) is 205 Å². The first-order valence-electron chi connectivity index (χ1n) is 12.0. The fourth-order valence-corrected chi connectivity index (χ4v) is 3.49. The van der Waals surface area contributed by atoms with Gasteiger partial charge in [-0.1, -0.05) is 34.1 Å². The monoisotopic (exact) mass is 495 g/mol. The molecule has 0 aliphatic heterocycles. The van der Waals surface area contributed by atoms with E-state index in [4.69, 9.17) is 11.5 Å². The fraction of sp³-hybridized carbons (Fsp3) is 0.696. The molecular weight excluding hydrogens is 454 g/mol. The Labute approximate surface area is 206 Å². The standard InChI is InChI=1S/C23H41N7O5/c1-13(2)9-18(23(34)35)29-22(33)19(14(3)4)30-21(32)17(10-15-11-26-12-27-15)28-20(31)16(25)7-5-6-8-24/h11-14,16-19H,5-10,24-25H2,1-4H3,(H,26,27)(H,28,31)(H,29,33)(H,30,32)(H,34,35). The van der Waals surface area contributed by atoms with Crippen molar-refractivity contribution in [3.05, 3.63) is 18.2 Å². The lowest BCUT2D eigenvalue weighted by atomic mass is 9.99. The Morgan fingerprint density at radius 2 is 1.66 bits per heavy atom. The summed E-state index contributed by atoms with van der Waals surface area (Å²) in [5, 5.41) is 17.3.